The fraction of sp³-hybridized carbons (Fsp3) is 0.231. The number of allylic oxidation sites excluding steroid dienone is 2. The van der Waals surface area contributed by atoms with Gasteiger partial charge in [0.05, 0.1) is 0 Å². The summed E-state index contributed by atoms with van der Waals surface area (Å²) >= 11 is 0. The number of hydrogen-bond acceptors (Lipinski definition) is 2. The Bertz CT molecular complexity index is 419. The molecule has 2 aliphatic carbocycles. The van der Waals surface area contributed by atoms with Crippen LogP contribution < -0.4 is 4.89 Å². The molecule has 1 aromatic carbocycles. The first kappa shape index (κ1) is 8.74. The zero-order chi connectivity index (χ0) is 10.1. The SMILES string of the molecule is C1=CCC2(OOc3ccccc3)CC2=C1. The molecule has 0 bridgehead atoms. The van der Waals surface area contributed by atoms with Gasteiger partial charge < -0.3 is 4.89 Å². The smallest absolute Gasteiger partial charge is 0.165 e. The van der Waals surface area contributed by atoms with Crippen molar-refractivity contribution in [2.24, 2.45) is 0 Å². The van der Waals surface area contributed by atoms with Crippen molar-refractivity contribution in [3.8, 4) is 5.75 Å². The normalized spacial score (nSPS) is 26.8. The van der Waals surface area contributed by atoms with Crippen LogP contribution in [0.5, 0.6) is 5.75 Å². The second kappa shape index (κ2) is 3.24. The third-order valence-corrected chi connectivity index (χ3v) is 2.86. The van der Waals surface area contributed by atoms with E-state index in [0.29, 0.717) is 0 Å². The molecule has 2 aliphatic rings. The molecule has 1 aromatic rings. The first-order valence-electron chi connectivity index (χ1n) is 5.16. The van der Waals surface area contributed by atoms with Crippen LogP contribution in [0.15, 0.2) is 54.1 Å². The summed E-state index contributed by atoms with van der Waals surface area (Å²) in [5.41, 5.74) is 1.19. The first-order chi connectivity index (χ1) is 7.39. The molecular formula is C13H12O2. The highest BCUT2D eigenvalue weighted by Crippen LogP contribution is 2.51. The molecule has 15 heavy (non-hydrogen) atoms. The summed E-state index contributed by atoms with van der Waals surface area (Å²) in [5, 5.41) is 0. The van der Waals surface area contributed by atoms with Gasteiger partial charge in [0.1, 0.15) is 5.60 Å². The summed E-state index contributed by atoms with van der Waals surface area (Å²) in [6, 6.07) is 9.60. The zero-order valence-corrected chi connectivity index (χ0v) is 8.35. The van der Waals surface area contributed by atoms with E-state index < -0.39 is 0 Å². The lowest BCUT2D eigenvalue weighted by Crippen LogP contribution is -2.17. The van der Waals surface area contributed by atoms with Gasteiger partial charge in [-0.25, -0.2) is 0 Å². The van der Waals surface area contributed by atoms with Crippen molar-refractivity contribution in [1.29, 1.82) is 0 Å². The summed E-state index contributed by atoms with van der Waals surface area (Å²) in [6.45, 7) is 0. The molecule has 2 nitrogen and oxygen atoms in total. The van der Waals surface area contributed by atoms with Gasteiger partial charge >= 0.3 is 0 Å². The lowest BCUT2D eigenvalue weighted by Gasteiger charge is -2.14. The van der Waals surface area contributed by atoms with Crippen molar-refractivity contribution >= 4 is 0 Å². The Morgan fingerprint density at radius 2 is 2.00 bits per heavy atom. The first-order valence-corrected chi connectivity index (χ1v) is 5.16. The monoisotopic (exact) mass is 200 g/mol. The van der Waals surface area contributed by atoms with E-state index in [-0.39, 0.29) is 5.60 Å². The predicted octanol–water partition coefficient (Wildman–Crippen LogP) is 3.03. The minimum atomic E-state index is -0.148. The van der Waals surface area contributed by atoms with Crippen molar-refractivity contribution in [2.75, 3.05) is 0 Å². The summed E-state index contributed by atoms with van der Waals surface area (Å²) in [4.78, 5) is 10.8. The molecule has 1 unspecified atom stereocenters. The Balaban J connectivity index is 1.65. The quantitative estimate of drug-likeness (QED) is 0.551. The van der Waals surface area contributed by atoms with Crippen molar-refractivity contribution in [3.63, 3.8) is 0 Å². The van der Waals surface area contributed by atoms with Gasteiger partial charge in [-0.3, -0.25) is 0 Å². The molecule has 0 N–H and O–H groups in total. The standard InChI is InChI=1S/C13H12O2/c1-2-7-12(8-3-1)14-15-13-9-5-4-6-11(13)10-13/h1-8H,9-10H2. The van der Waals surface area contributed by atoms with Gasteiger partial charge in [-0.1, -0.05) is 36.4 Å². The van der Waals surface area contributed by atoms with Gasteiger partial charge in [0.2, 0.25) is 0 Å². The summed E-state index contributed by atoms with van der Waals surface area (Å²) < 4.78 is 0. The van der Waals surface area contributed by atoms with E-state index in [1.54, 1.807) is 0 Å². The minimum absolute atomic E-state index is 0.148. The Labute approximate surface area is 88.8 Å². The van der Waals surface area contributed by atoms with Crippen LogP contribution in [-0.2, 0) is 4.89 Å². The van der Waals surface area contributed by atoms with E-state index in [1.807, 2.05) is 30.3 Å². The number of rotatable bonds is 3. The fourth-order valence-corrected chi connectivity index (χ4v) is 1.84. The average molecular weight is 200 g/mol. The maximum absolute atomic E-state index is 5.51. The minimum Gasteiger partial charge on any atom is -0.337 e. The molecule has 0 amide bonds. The van der Waals surface area contributed by atoms with E-state index in [1.165, 1.54) is 5.57 Å². The number of para-hydroxylation sites is 1. The van der Waals surface area contributed by atoms with E-state index in [2.05, 4.69) is 18.2 Å². The molecule has 0 aliphatic heterocycles. The topological polar surface area (TPSA) is 18.5 Å². The van der Waals surface area contributed by atoms with Gasteiger partial charge in [0.25, 0.3) is 0 Å². The second-order valence-corrected chi connectivity index (χ2v) is 3.97. The van der Waals surface area contributed by atoms with Gasteiger partial charge in [0.15, 0.2) is 5.75 Å². The molecule has 76 valence electrons. The van der Waals surface area contributed by atoms with Crippen LogP contribution in [0, 0.1) is 0 Å². The molecule has 0 aromatic heterocycles. The number of fused-ring (bicyclic) bond motifs is 1. The van der Waals surface area contributed by atoms with Gasteiger partial charge in [-0.2, -0.15) is 4.89 Å². The molecular weight excluding hydrogens is 188 g/mol. The van der Waals surface area contributed by atoms with Crippen molar-refractivity contribution < 1.29 is 9.78 Å². The van der Waals surface area contributed by atoms with Crippen molar-refractivity contribution in [3.05, 3.63) is 54.1 Å². The van der Waals surface area contributed by atoms with Crippen LogP contribution in [0.3, 0.4) is 0 Å². The lowest BCUT2D eigenvalue weighted by atomic mass is 10.1. The fourth-order valence-electron chi connectivity index (χ4n) is 1.84. The van der Waals surface area contributed by atoms with E-state index in [0.717, 1.165) is 18.6 Å². The van der Waals surface area contributed by atoms with Crippen LogP contribution in [0.4, 0.5) is 0 Å². The molecule has 0 spiro atoms. The second-order valence-electron chi connectivity index (χ2n) is 3.97. The number of benzene rings is 1. The lowest BCUT2D eigenvalue weighted by molar-refractivity contribution is -0.251. The summed E-state index contributed by atoms with van der Waals surface area (Å²) in [7, 11) is 0. The molecule has 0 radical (unpaired) electrons. The van der Waals surface area contributed by atoms with Crippen LogP contribution in [0.25, 0.3) is 0 Å². The molecule has 1 saturated carbocycles. The van der Waals surface area contributed by atoms with E-state index >= 15 is 0 Å². The van der Waals surface area contributed by atoms with Crippen LogP contribution in [0.1, 0.15) is 12.8 Å². The maximum Gasteiger partial charge on any atom is 0.165 e. The highest BCUT2D eigenvalue weighted by atomic mass is 17.2. The third kappa shape index (κ3) is 1.57. The van der Waals surface area contributed by atoms with Crippen LogP contribution in [-0.4, -0.2) is 5.60 Å². The van der Waals surface area contributed by atoms with Gasteiger partial charge in [0, 0.05) is 12.8 Å². The van der Waals surface area contributed by atoms with E-state index in [9.17, 15) is 0 Å². The Kier molecular flexibility index (Phi) is 1.89. The average Bonchev–Trinajstić information content (AvgIpc) is 3.03. The third-order valence-electron chi connectivity index (χ3n) is 2.86. The van der Waals surface area contributed by atoms with Crippen LogP contribution in [0.2, 0.25) is 0 Å². The van der Waals surface area contributed by atoms with E-state index in [4.69, 9.17) is 9.78 Å². The predicted molar refractivity (Wildman–Crippen MR) is 57.3 cm³/mol. The number of hydrogen-bond donors (Lipinski definition) is 0. The van der Waals surface area contributed by atoms with Crippen molar-refractivity contribution in [2.45, 2.75) is 18.4 Å². The molecule has 3 rings (SSSR count). The highest BCUT2D eigenvalue weighted by Gasteiger charge is 2.52. The Hall–Kier alpha value is -1.54. The summed E-state index contributed by atoms with van der Waals surface area (Å²) in [6.07, 6.45) is 8.22. The summed E-state index contributed by atoms with van der Waals surface area (Å²) in [5.74, 6) is 0.757. The highest BCUT2D eigenvalue weighted by molar-refractivity contribution is 5.43. The molecule has 1 atom stereocenters. The largest absolute Gasteiger partial charge is 0.337 e. The molecule has 2 heteroatoms. The Morgan fingerprint density at radius 1 is 1.13 bits per heavy atom. The molecule has 1 fully saturated rings. The molecule has 0 heterocycles. The maximum atomic E-state index is 5.51. The van der Waals surface area contributed by atoms with Crippen molar-refractivity contribution in [1.82, 2.24) is 0 Å². The molecule has 0 saturated heterocycles. The van der Waals surface area contributed by atoms with Crippen LogP contribution >= 0.6 is 0 Å². The van der Waals surface area contributed by atoms with Gasteiger partial charge in [-0.05, 0) is 17.7 Å². The zero-order valence-electron chi connectivity index (χ0n) is 8.35. The van der Waals surface area contributed by atoms with Gasteiger partial charge in [-0.15, -0.1) is 0 Å². The Morgan fingerprint density at radius 3 is 2.80 bits per heavy atom.